The molecule has 23 nitrogen and oxygen atoms in total. The van der Waals surface area contributed by atoms with E-state index in [4.69, 9.17) is 5.73 Å². The van der Waals surface area contributed by atoms with E-state index < -0.39 is 139 Å². The molecule has 2 aliphatic rings. The topological polar surface area (TPSA) is 356 Å². The number of aliphatic hydroxyl groups excluding tert-OH is 1. The van der Waals surface area contributed by atoms with Gasteiger partial charge in [0.15, 0.2) is 0 Å². The van der Waals surface area contributed by atoms with Crippen molar-refractivity contribution in [2.45, 2.75) is 147 Å². The van der Waals surface area contributed by atoms with Crippen LogP contribution in [0.2, 0.25) is 0 Å². The van der Waals surface area contributed by atoms with Crippen molar-refractivity contribution in [3.63, 3.8) is 0 Å². The Morgan fingerprint density at radius 2 is 1.24 bits per heavy atom. The molecule has 12 N–H and O–H groups in total. The number of aliphatic carboxylic acids is 2. The van der Waals surface area contributed by atoms with Gasteiger partial charge >= 0.3 is 11.9 Å². The SMILES string of the molecule is CC(C)C[C@H](NC(=O)[C@H](CCC(=O)O)NC(=O)[C@@H]1CCCN1C(=O)CNC(=O)[C@@H]1CCCN1C(=O)[C@@H](NC(=O)[C@@H](NC(=O)[C@H](C)N)[C@@H](C)O)C(C)C)C(=O)N[C@@H](Cc1ccc(O)cc1)C(=O)O. The van der Waals surface area contributed by atoms with E-state index in [1.165, 1.54) is 47.9 Å². The summed E-state index contributed by atoms with van der Waals surface area (Å²) in [5.74, 6) is -9.38. The van der Waals surface area contributed by atoms with Crippen LogP contribution in [0.4, 0.5) is 0 Å². The van der Waals surface area contributed by atoms with Crippen molar-refractivity contribution in [1.82, 2.24) is 41.7 Å². The number of likely N-dealkylation sites (tertiary alicyclic amines) is 2. The number of phenols is 1. The molecule has 23 heteroatoms. The number of hydrogen-bond donors (Lipinski definition) is 11. The van der Waals surface area contributed by atoms with Gasteiger partial charge in [0.05, 0.1) is 18.7 Å². The minimum Gasteiger partial charge on any atom is -0.508 e. The third kappa shape index (κ3) is 16.5. The highest BCUT2D eigenvalue weighted by atomic mass is 16.4. The van der Waals surface area contributed by atoms with Gasteiger partial charge in [-0.3, -0.25) is 43.2 Å². The number of phenolic OH excluding ortho intramolecular Hbond substituents is 1. The molecule has 2 saturated heterocycles. The number of aliphatic hydroxyl groups is 1. The van der Waals surface area contributed by atoms with Crippen molar-refractivity contribution >= 4 is 59.2 Å². The van der Waals surface area contributed by atoms with Gasteiger partial charge < -0.3 is 67.9 Å². The maximum Gasteiger partial charge on any atom is 0.326 e. The lowest BCUT2D eigenvalue weighted by Gasteiger charge is -2.32. The Labute approximate surface area is 388 Å². The average molecular weight is 946 g/mol. The molecular weight excluding hydrogens is 879 g/mol. The van der Waals surface area contributed by atoms with Crippen LogP contribution in [0.1, 0.15) is 92.1 Å². The van der Waals surface area contributed by atoms with Crippen molar-refractivity contribution < 1.29 is 68.4 Å². The van der Waals surface area contributed by atoms with Crippen LogP contribution in [0.25, 0.3) is 0 Å². The van der Waals surface area contributed by atoms with Gasteiger partial charge in [-0.25, -0.2) is 4.79 Å². The predicted molar refractivity (Wildman–Crippen MR) is 238 cm³/mol. The Bertz CT molecular complexity index is 1960. The largest absolute Gasteiger partial charge is 0.508 e. The van der Waals surface area contributed by atoms with Gasteiger partial charge in [0.1, 0.15) is 48.0 Å². The summed E-state index contributed by atoms with van der Waals surface area (Å²) in [6.45, 7) is 9.22. The summed E-state index contributed by atoms with van der Waals surface area (Å²) in [6, 6.07) is -4.22. The first-order chi connectivity index (χ1) is 31.4. The summed E-state index contributed by atoms with van der Waals surface area (Å²) in [5, 5.41) is 54.1. The maximum atomic E-state index is 13.9. The van der Waals surface area contributed by atoms with Crippen LogP contribution in [0.5, 0.6) is 5.75 Å². The van der Waals surface area contributed by atoms with Crippen LogP contribution in [-0.2, 0) is 54.4 Å². The summed E-state index contributed by atoms with van der Waals surface area (Å²) in [7, 11) is 0. The molecule has 0 spiro atoms. The highest BCUT2D eigenvalue weighted by Gasteiger charge is 2.41. The Kier molecular flexibility index (Phi) is 20.9. The highest BCUT2D eigenvalue weighted by molar-refractivity contribution is 5.98. The van der Waals surface area contributed by atoms with Gasteiger partial charge in [0.25, 0.3) is 0 Å². The van der Waals surface area contributed by atoms with Crippen LogP contribution >= 0.6 is 0 Å². The summed E-state index contributed by atoms with van der Waals surface area (Å²) < 4.78 is 0. The number of nitrogens with two attached hydrogens (primary N) is 1. The molecule has 2 heterocycles. The zero-order chi connectivity index (χ0) is 50.3. The van der Waals surface area contributed by atoms with E-state index in [9.17, 15) is 68.4 Å². The number of amides is 8. The lowest BCUT2D eigenvalue weighted by Crippen LogP contribution is -2.61. The summed E-state index contributed by atoms with van der Waals surface area (Å²) >= 11 is 0. The molecule has 9 atom stereocenters. The fourth-order valence-corrected chi connectivity index (χ4v) is 7.77. The molecule has 0 aliphatic carbocycles. The number of rotatable bonds is 24. The second-order valence-corrected chi connectivity index (χ2v) is 17.9. The van der Waals surface area contributed by atoms with Crippen molar-refractivity contribution in [2.75, 3.05) is 19.6 Å². The second kappa shape index (κ2) is 25.5. The standard InChI is InChI=1S/C44H67N9O14/c1-22(2)19-29(39(61)49-30(44(66)67)20-26-11-13-27(55)14-12-26)48-38(60)28(15-16-34(57)58)47-41(63)32-10-7-17-52(32)33(56)21-46-40(62)31-9-8-18-53(31)43(65)35(23(3)4)50-42(64)36(25(6)54)51-37(59)24(5)45/h11-14,22-25,28-32,35-36,54-55H,7-10,15-21,45H2,1-6H3,(H,46,62)(H,47,63)(H,48,60)(H,49,61)(H,50,64)(H,51,59)(H,57,58)(H,66,67)/t24-,25+,28-,29-,30-,31-,32-,35-,36-/m0/s1. The lowest BCUT2D eigenvalue weighted by molar-refractivity contribution is -0.144. The fraction of sp³-hybridized carbons (Fsp3) is 0.636. The minimum atomic E-state index is -1.49. The normalized spacial score (nSPS) is 19.0. The third-order valence-electron chi connectivity index (χ3n) is 11.4. The smallest absolute Gasteiger partial charge is 0.326 e. The number of carbonyl (C=O) groups is 10. The molecule has 8 amide bonds. The van der Waals surface area contributed by atoms with E-state index in [2.05, 4.69) is 31.9 Å². The highest BCUT2D eigenvalue weighted by Crippen LogP contribution is 2.22. The predicted octanol–water partition coefficient (Wildman–Crippen LogP) is -2.16. The monoisotopic (exact) mass is 945 g/mol. The molecule has 2 aliphatic heterocycles. The van der Waals surface area contributed by atoms with Gasteiger partial charge in [0, 0.05) is 25.9 Å². The molecular formula is C44H67N9O14. The summed E-state index contributed by atoms with van der Waals surface area (Å²) in [5.41, 5.74) is 6.09. The third-order valence-corrected chi connectivity index (χ3v) is 11.4. The molecule has 67 heavy (non-hydrogen) atoms. The van der Waals surface area contributed by atoms with Crippen molar-refractivity contribution in [3.8, 4) is 5.75 Å². The van der Waals surface area contributed by atoms with E-state index in [0.717, 1.165) is 0 Å². The van der Waals surface area contributed by atoms with Gasteiger partial charge in [-0.15, -0.1) is 0 Å². The zero-order valence-electron chi connectivity index (χ0n) is 38.8. The number of aromatic hydroxyl groups is 1. The van der Waals surface area contributed by atoms with Crippen LogP contribution in [-0.4, -0.2) is 163 Å². The molecule has 0 saturated carbocycles. The Morgan fingerprint density at radius 1 is 0.687 bits per heavy atom. The zero-order valence-corrected chi connectivity index (χ0v) is 38.8. The Balaban J connectivity index is 1.68. The molecule has 1 aromatic carbocycles. The number of nitrogens with zero attached hydrogens (tertiary/aromatic N) is 2. The van der Waals surface area contributed by atoms with Gasteiger partial charge in [0.2, 0.25) is 47.3 Å². The van der Waals surface area contributed by atoms with E-state index in [1.807, 2.05) is 0 Å². The molecule has 0 bridgehead atoms. The van der Waals surface area contributed by atoms with E-state index in [0.29, 0.717) is 18.4 Å². The van der Waals surface area contributed by atoms with E-state index in [-0.39, 0.29) is 50.4 Å². The molecule has 372 valence electrons. The van der Waals surface area contributed by atoms with Crippen LogP contribution in [0.3, 0.4) is 0 Å². The Hall–Kier alpha value is -6.36. The molecule has 2 fully saturated rings. The Morgan fingerprint density at radius 3 is 1.78 bits per heavy atom. The number of nitrogens with one attached hydrogen (secondary N) is 6. The van der Waals surface area contributed by atoms with Gasteiger partial charge in [-0.1, -0.05) is 39.8 Å². The molecule has 1 aromatic rings. The average Bonchev–Trinajstić information content (AvgIpc) is 3.96. The number of carboxylic acids is 2. The molecule has 3 rings (SSSR count). The van der Waals surface area contributed by atoms with Crippen LogP contribution < -0.4 is 37.6 Å². The first-order valence-corrected chi connectivity index (χ1v) is 22.5. The minimum absolute atomic E-state index is 0.0382. The molecule has 0 radical (unpaired) electrons. The first-order valence-electron chi connectivity index (χ1n) is 22.5. The number of carbonyl (C=O) groups excluding carboxylic acids is 8. The summed E-state index contributed by atoms with van der Waals surface area (Å²) in [6.07, 6.45) is -1.22. The second-order valence-electron chi connectivity index (χ2n) is 17.9. The van der Waals surface area contributed by atoms with Gasteiger partial charge in [-0.05, 0) is 81.9 Å². The van der Waals surface area contributed by atoms with Crippen LogP contribution in [0.15, 0.2) is 24.3 Å². The lowest BCUT2D eigenvalue weighted by atomic mass is 10.0. The van der Waals surface area contributed by atoms with Crippen LogP contribution in [0, 0.1) is 11.8 Å². The summed E-state index contributed by atoms with van der Waals surface area (Å²) in [4.78, 5) is 134. The molecule has 0 unspecified atom stereocenters. The fourth-order valence-electron chi connectivity index (χ4n) is 7.77. The van der Waals surface area contributed by atoms with Crippen molar-refractivity contribution in [3.05, 3.63) is 29.8 Å². The number of carboxylic acid groups (broad SMARTS) is 2. The number of benzene rings is 1. The quantitative estimate of drug-likeness (QED) is 0.0526. The van der Waals surface area contributed by atoms with Crippen molar-refractivity contribution in [1.29, 1.82) is 0 Å². The maximum absolute atomic E-state index is 13.9. The van der Waals surface area contributed by atoms with E-state index >= 15 is 0 Å². The number of hydrogen-bond acceptors (Lipinski definition) is 13. The first kappa shape index (κ1) is 55.0. The van der Waals surface area contributed by atoms with Crippen molar-refractivity contribution in [2.24, 2.45) is 17.6 Å². The van der Waals surface area contributed by atoms with Gasteiger partial charge in [-0.2, -0.15) is 0 Å². The van der Waals surface area contributed by atoms with E-state index in [1.54, 1.807) is 27.7 Å². The molecule has 0 aromatic heterocycles.